The second-order valence-electron chi connectivity index (χ2n) is 7.33. The summed E-state index contributed by atoms with van der Waals surface area (Å²) in [6, 6.07) is 15.1. The lowest BCUT2D eigenvalue weighted by molar-refractivity contribution is -0.124. The van der Waals surface area contributed by atoms with Crippen molar-refractivity contribution in [2.75, 3.05) is 6.61 Å². The number of H-pyrrole nitrogens is 1. The number of hydrogen-bond donors (Lipinski definition) is 2. The van der Waals surface area contributed by atoms with E-state index in [1.54, 1.807) is 6.07 Å². The van der Waals surface area contributed by atoms with Crippen molar-refractivity contribution in [3.8, 4) is 0 Å². The lowest BCUT2D eigenvalue weighted by atomic mass is 9.95. The number of aryl methyl sites for hydroxylation is 2. The molecule has 0 aliphatic heterocycles. The Hall–Kier alpha value is -3.08. The fourth-order valence-corrected chi connectivity index (χ4v) is 3.86. The number of fused-ring (bicyclic) bond motifs is 3. The van der Waals surface area contributed by atoms with Gasteiger partial charge >= 0.3 is 5.97 Å². The highest BCUT2D eigenvalue weighted by Crippen LogP contribution is 2.29. The lowest BCUT2D eigenvalue weighted by Crippen LogP contribution is -2.31. The molecule has 0 spiro atoms. The number of benzene rings is 2. The smallest absolute Gasteiger partial charge is 0.338 e. The Morgan fingerprint density at radius 3 is 2.71 bits per heavy atom. The average Bonchev–Trinajstić information content (AvgIpc) is 3.10. The Bertz CT molecular complexity index is 1010. The minimum atomic E-state index is -0.477. The highest BCUT2D eigenvalue weighted by Gasteiger charge is 2.18. The van der Waals surface area contributed by atoms with Crippen LogP contribution in [0.3, 0.4) is 0 Å². The fraction of sp³-hybridized carbons (Fsp3) is 0.304. The third-order valence-electron chi connectivity index (χ3n) is 5.35. The molecule has 2 aromatic carbocycles. The molecule has 1 aliphatic rings. The van der Waals surface area contributed by atoms with Gasteiger partial charge in [0.1, 0.15) is 0 Å². The van der Waals surface area contributed by atoms with Gasteiger partial charge in [-0.25, -0.2) is 4.79 Å². The number of aromatic amines is 1. The summed E-state index contributed by atoms with van der Waals surface area (Å²) in [7, 11) is 0. The number of amides is 1. The van der Waals surface area contributed by atoms with Gasteiger partial charge in [0.2, 0.25) is 0 Å². The molecule has 1 heterocycles. The van der Waals surface area contributed by atoms with Crippen LogP contribution in [0, 0.1) is 0 Å². The zero-order chi connectivity index (χ0) is 19.5. The fourth-order valence-electron chi connectivity index (χ4n) is 3.86. The molecule has 4 rings (SSSR count). The summed E-state index contributed by atoms with van der Waals surface area (Å²) in [5, 5.41) is 3.94. The van der Waals surface area contributed by atoms with E-state index >= 15 is 0 Å². The normalized spacial score (nSPS) is 14.3. The van der Waals surface area contributed by atoms with Gasteiger partial charge in [-0.2, -0.15) is 0 Å². The molecule has 0 fully saturated rings. The van der Waals surface area contributed by atoms with E-state index in [9.17, 15) is 9.59 Å². The summed E-state index contributed by atoms with van der Waals surface area (Å²) in [6.45, 7) is 1.61. The van der Waals surface area contributed by atoms with Crippen LogP contribution in [-0.2, 0) is 22.4 Å². The van der Waals surface area contributed by atoms with Crippen LogP contribution in [0.2, 0.25) is 0 Å². The number of esters is 1. The summed E-state index contributed by atoms with van der Waals surface area (Å²) in [6.07, 6.45) is 4.47. The minimum absolute atomic E-state index is 0.143. The maximum Gasteiger partial charge on any atom is 0.338 e. The Balaban J connectivity index is 1.39. The molecule has 1 aliphatic carbocycles. The molecule has 0 saturated heterocycles. The van der Waals surface area contributed by atoms with E-state index in [1.165, 1.54) is 24.1 Å². The van der Waals surface area contributed by atoms with Crippen molar-refractivity contribution in [1.82, 2.24) is 10.3 Å². The highest BCUT2D eigenvalue weighted by molar-refractivity contribution is 5.97. The first kappa shape index (κ1) is 18.3. The summed E-state index contributed by atoms with van der Waals surface area (Å²) in [5.41, 5.74) is 5.12. The van der Waals surface area contributed by atoms with Crippen LogP contribution in [0.15, 0.2) is 48.5 Å². The Morgan fingerprint density at radius 2 is 1.89 bits per heavy atom. The molecular formula is C23H24N2O3. The van der Waals surface area contributed by atoms with Crippen molar-refractivity contribution in [3.63, 3.8) is 0 Å². The summed E-state index contributed by atoms with van der Waals surface area (Å²) < 4.78 is 5.23. The van der Waals surface area contributed by atoms with Crippen LogP contribution in [0.1, 0.15) is 53.0 Å². The Morgan fingerprint density at radius 1 is 1.11 bits per heavy atom. The van der Waals surface area contributed by atoms with Gasteiger partial charge in [-0.3, -0.25) is 4.79 Å². The molecule has 1 amide bonds. The molecule has 3 aromatic rings. The summed E-state index contributed by atoms with van der Waals surface area (Å²) in [5.74, 6) is -0.792. The van der Waals surface area contributed by atoms with Gasteiger partial charge in [0.05, 0.1) is 11.6 Å². The van der Waals surface area contributed by atoms with E-state index < -0.39 is 5.97 Å². The maximum atomic E-state index is 12.4. The topological polar surface area (TPSA) is 71.2 Å². The third kappa shape index (κ3) is 3.79. The summed E-state index contributed by atoms with van der Waals surface area (Å²) >= 11 is 0. The van der Waals surface area contributed by atoms with Crippen molar-refractivity contribution < 1.29 is 14.3 Å². The molecule has 0 saturated carbocycles. The van der Waals surface area contributed by atoms with Crippen LogP contribution >= 0.6 is 0 Å². The monoisotopic (exact) mass is 376 g/mol. The largest absolute Gasteiger partial charge is 0.452 e. The predicted octanol–water partition coefficient (Wildman–Crippen LogP) is 4.08. The first-order chi connectivity index (χ1) is 13.6. The Kier molecular flexibility index (Phi) is 5.15. The van der Waals surface area contributed by atoms with Crippen LogP contribution in [0.4, 0.5) is 0 Å². The number of rotatable bonds is 5. The van der Waals surface area contributed by atoms with Gasteiger partial charge in [0.25, 0.3) is 5.91 Å². The number of nitrogens with one attached hydrogen (secondary N) is 2. The quantitative estimate of drug-likeness (QED) is 0.659. The molecule has 0 radical (unpaired) electrons. The van der Waals surface area contributed by atoms with Crippen molar-refractivity contribution in [2.24, 2.45) is 0 Å². The van der Waals surface area contributed by atoms with Gasteiger partial charge in [0.15, 0.2) is 6.61 Å². The van der Waals surface area contributed by atoms with Crippen LogP contribution in [0.5, 0.6) is 0 Å². The molecule has 1 atom stereocenters. The number of carbonyl (C=O) groups is 2. The zero-order valence-corrected chi connectivity index (χ0v) is 16.0. The highest BCUT2D eigenvalue weighted by atomic mass is 16.5. The first-order valence-corrected chi connectivity index (χ1v) is 9.77. The first-order valence-electron chi connectivity index (χ1n) is 9.77. The van der Waals surface area contributed by atoms with Crippen LogP contribution in [0.25, 0.3) is 10.9 Å². The standard InChI is InChI=1S/C23H24N2O3/c1-15(16-7-3-2-4-8-16)24-22(26)14-28-23(27)17-11-12-21-19(13-17)18-9-5-6-10-20(18)25-21/h2-4,7-8,11-13,15,25H,5-6,9-10,14H2,1H3,(H,24,26)/t15-/m0/s1. The van der Waals surface area contributed by atoms with Gasteiger partial charge in [-0.1, -0.05) is 30.3 Å². The minimum Gasteiger partial charge on any atom is -0.452 e. The summed E-state index contributed by atoms with van der Waals surface area (Å²) in [4.78, 5) is 28.0. The molecule has 0 unspecified atom stereocenters. The van der Waals surface area contributed by atoms with E-state index in [4.69, 9.17) is 4.74 Å². The molecule has 0 bridgehead atoms. The molecule has 2 N–H and O–H groups in total. The van der Waals surface area contributed by atoms with E-state index in [0.717, 1.165) is 29.3 Å². The molecule has 5 nitrogen and oxygen atoms in total. The van der Waals surface area contributed by atoms with Gasteiger partial charge < -0.3 is 15.0 Å². The molecule has 1 aromatic heterocycles. The molecule has 144 valence electrons. The van der Waals surface area contributed by atoms with Gasteiger partial charge in [-0.05, 0) is 61.9 Å². The van der Waals surface area contributed by atoms with E-state index in [-0.39, 0.29) is 18.6 Å². The van der Waals surface area contributed by atoms with Crippen LogP contribution < -0.4 is 5.32 Å². The maximum absolute atomic E-state index is 12.4. The number of ether oxygens (including phenoxy) is 1. The number of hydrogen-bond acceptors (Lipinski definition) is 3. The van der Waals surface area contributed by atoms with Crippen molar-refractivity contribution >= 4 is 22.8 Å². The third-order valence-corrected chi connectivity index (χ3v) is 5.35. The molecular weight excluding hydrogens is 352 g/mol. The van der Waals surface area contributed by atoms with E-state index in [1.807, 2.05) is 49.4 Å². The van der Waals surface area contributed by atoms with Crippen molar-refractivity contribution in [1.29, 1.82) is 0 Å². The molecule has 5 heteroatoms. The van der Waals surface area contributed by atoms with E-state index in [0.29, 0.717) is 5.56 Å². The van der Waals surface area contributed by atoms with Crippen LogP contribution in [-0.4, -0.2) is 23.5 Å². The van der Waals surface area contributed by atoms with Gasteiger partial charge in [0, 0.05) is 16.6 Å². The predicted molar refractivity (Wildman–Crippen MR) is 108 cm³/mol. The van der Waals surface area contributed by atoms with E-state index in [2.05, 4.69) is 10.3 Å². The van der Waals surface area contributed by atoms with Crippen molar-refractivity contribution in [3.05, 3.63) is 70.9 Å². The second-order valence-corrected chi connectivity index (χ2v) is 7.33. The molecule has 28 heavy (non-hydrogen) atoms. The number of carbonyl (C=O) groups excluding carboxylic acids is 2. The Labute approximate surface area is 164 Å². The van der Waals surface area contributed by atoms with Gasteiger partial charge in [-0.15, -0.1) is 0 Å². The SMILES string of the molecule is C[C@H](NC(=O)COC(=O)c1ccc2[nH]c3c(c2c1)CCCC3)c1ccccc1. The average molecular weight is 376 g/mol. The lowest BCUT2D eigenvalue weighted by Gasteiger charge is -2.14. The number of aromatic nitrogens is 1. The van der Waals surface area contributed by atoms with Crippen molar-refractivity contribution in [2.45, 2.75) is 38.6 Å². The zero-order valence-electron chi connectivity index (χ0n) is 16.0. The second kappa shape index (κ2) is 7.89.